The fraction of sp³-hybridized carbons (Fsp3) is 0.111. The fourth-order valence-corrected chi connectivity index (χ4v) is 2.72. The number of ether oxygens (including phenoxy) is 1. The van der Waals surface area contributed by atoms with Gasteiger partial charge in [0.25, 0.3) is 5.91 Å². The summed E-state index contributed by atoms with van der Waals surface area (Å²) >= 11 is 1.30. The molecule has 128 valence electrons. The fourth-order valence-electron chi connectivity index (χ4n) is 2.03. The number of hydrogen-bond acceptors (Lipinski definition) is 4. The van der Waals surface area contributed by atoms with Gasteiger partial charge in [-0.3, -0.25) is 4.79 Å². The van der Waals surface area contributed by atoms with Gasteiger partial charge >= 0.3 is 0 Å². The van der Waals surface area contributed by atoms with E-state index in [1.807, 2.05) is 0 Å². The first-order chi connectivity index (χ1) is 12.1. The van der Waals surface area contributed by atoms with Crippen LogP contribution in [0.15, 0.2) is 53.9 Å². The van der Waals surface area contributed by atoms with Crippen molar-refractivity contribution in [2.45, 2.75) is 13.2 Å². The molecule has 0 radical (unpaired) electrons. The highest BCUT2D eigenvalue weighted by Gasteiger charge is 2.11. The maximum absolute atomic E-state index is 12.8. The Kier molecular flexibility index (Phi) is 5.35. The second kappa shape index (κ2) is 7.85. The van der Waals surface area contributed by atoms with E-state index in [0.29, 0.717) is 16.5 Å². The number of rotatable bonds is 6. The van der Waals surface area contributed by atoms with Crippen molar-refractivity contribution in [3.8, 4) is 5.75 Å². The van der Waals surface area contributed by atoms with Crippen LogP contribution in [-0.4, -0.2) is 10.9 Å². The lowest BCUT2D eigenvalue weighted by Crippen LogP contribution is -2.23. The van der Waals surface area contributed by atoms with Crippen molar-refractivity contribution in [2.75, 3.05) is 0 Å². The summed E-state index contributed by atoms with van der Waals surface area (Å²) in [6.07, 6.45) is 0. The number of benzene rings is 2. The molecule has 0 fully saturated rings. The standard InChI is InChI=1S/C18H14F2N2O2S/c19-13-3-1-12(2-4-13)9-21-18(23)16-11-25-17(22-16)10-24-15-7-5-14(20)6-8-15/h1-8,11H,9-10H2,(H,21,23). The lowest BCUT2D eigenvalue weighted by molar-refractivity contribution is 0.0946. The zero-order valence-corrected chi connectivity index (χ0v) is 13.9. The second-order valence-electron chi connectivity index (χ2n) is 5.18. The molecule has 0 aliphatic carbocycles. The highest BCUT2D eigenvalue weighted by Crippen LogP contribution is 2.16. The zero-order valence-electron chi connectivity index (χ0n) is 13.0. The molecule has 25 heavy (non-hydrogen) atoms. The van der Waals surface area contributed by atoms with Gasteiger partial charge in [0.15, 0.2) is 0 Å². The van der Waals surface area contributed by atoms with Crippen molar-refractivity contribution < 1.29 is 18.3 Å². The van der Waals surface area contributed by atoms with E-state index in [1.54, 1.807) is 17.5 Å². The van der Waals surface area contributed by atoms with Crippen molar-refractivity contribution in [3.05, 3.63) is 81.8 Å². The highest BCUT2D eigenvalue weighted by atomic mass is 32.1. The van der Waals surface area contributed by atoms with Gasteiger partial charge < -0.3 is 10.1 Å². The van der Waals surface area contributed by atoms with Gasteiger partial charge in [0.1, 0.15) is 34.7 Å². The Morgan fingerprint density at radius 2 is 1.68 bits per heavy atom. The van der Waals surface area contributed by atoms with Crippen LogP contribution in [0, 0.1) is 11.6 Å². The summed E-state index contributed by atoms with van der Waals surface area (Å²) in [7, 11) is 0. The molecule has 0 aliphatic heterocycles. The van der Waals surface area contributed by atoms with Gasteiger partial charge in [-0.1, -0.05) is 12.1 Å². The summed E-state index contributed by atoms with van der Waals surface area (Å²) in [4.78, 5) is 16.3. The smallest absolute Gasteiger partial charge is 0.271 e. The predicted octanol–water partition coefficient (Wildman–Crippen LogP) is 3.93. The molecule has 0 spiro atoms. The van der Waals surface area contributed by atoms with E-state index in [4.69, 9.17) is 4.74 Å². The molecule has 3 aromatic rings. The van der Waals surface area contributed by atoms with Gasteiger partial charge in [-0.15, -0.1) is 11.3 Å². The minimum absolute atomic E-state index is 0.196. The molecular weight excluding hydrogens is 346 g/mol. The van der Waals surface area contributed by atoms with Crippen molar-refractivity contribution in [3.63, 3.8) is 0 Å². The van der Waals surface area contributed by atoms with Crippen LogP contribution >= 0.6 is 11.3 Å². The Hall–Kier alpha value is -2.80. The molecule has 3 rings (SSSR count). The number of carbonyl (C=O) groups excluding carboxylic acids is 1. The van der Waals surface area contributed by atoms with Crippen LogP contribution in [0.5, 0.6) is 5.75 Å². The van der Waals surface area contributed by atoms with Gasteiger partial charge in [-0.05, 0) is 42.0 Å². The molecule has 1 heterocycles. The van der Waals surface area contributed by atoms with E-state index >= 15 is 0 Å². The third-order valence-corrected chi connectivity index (χ3v) is 4.15. The van der Waals surface area contributed by atoms with Crippen LogP contribution in [0.4, 0.5) is 8.78 Å². The first-order valence-electron chi connectivity index (χ1n) is 7.45. The molecule has 1 aromatic heterocycles. The molecule has 1 amide bonds. The molecule has 0 bridgehead atoms. The van der Waals surface area contributed by atoms with Gasteiger partial charge in [0.2, 0.25) is 0 Å². The number of carbonyl (C=O) groups is 1. The summed E-state index contributed by atoms with van der Waals surface area (Å²) in [5.74, 6) is -0.436. The number of amides is 1. The van der Waals surface area contributed by atoms with E-state index in [0.717, 1.165) is 5.56 Å². The number of nitrogens with zero attached hydrogens (tertiary/aromatic N) is 1. The minimum Gasteiger partial charge on any atom is -0.486 e. The van der Waals surface area contributed by atoms with Crippen LogP contribution in [0.3, 0.4) is 0 Å². The molecule has 0 saturated heterocycles. The molecule has 2 aromatic carbocycles. The monoisotopic (exact) mass is 360 g/mol. The molecule has 0 saturated carbocycles. The molecule has 0 unspecified atom stereocenters. The Labute approximate surface area is 147 Å². The van der Waals surface area contributed by atoms with E-state index in [2.05, 4.69) is 10.3 Å². The number of thiazole rings is 1. The molecule has 1 N–H and O–H groups in total. The first-order valence-corrected chi connectivity index (χ1v) is 8.33. The second-order valence-corrected chi connectivity index (χ2v) is 6.12. The maximum Gasteiger partial charge on any atom is 0.271 e. The van der Waals surface area contributed by atoms with Crippen LogP contribution in [0.25, 0.3) is 0 Å². The van der Waals surface area contributed by atoms with E-state index in [9.17, 15) is 13.6 Å². The topological polar surface area (TPSA) is 51.2 Å². The lowest BCUT2D eigenvalue weighted by Gasteiger charge is -2.04. The first kappa shape index (κ1) is 17.0. The van der Waals surface area contributed by atoms with Crippen LogP contribution < -0.4 is 10.1 Å². The Morgan fingerprint density at radius 1 is 1.04 bits per heavy atom. The third-order valence-electron chi connectivity index (χ3n) is 3.33. The number of hydrogen-bond donors (Lipinski definition) is 1. The summed E-state index contributed by atoms with van der Waals surface area (Å²) < 4.78 is 31.2. The molecule has 4 nitrogen and oxygen atoms in total. The van der Waals surface area contributed by atoms with Gasteiger partial charge in [0.05, 0.1) is 0 Å². The normalized spacial score (nSPS) is 10.5. The van der Waals surface area contributed by atoms with Crippen LogP contribution in [0.2, 0.25) is 0 Å². The van der Waals surface area contributed by atoms with Gasteiger partial charge in [0, 0.05) is 11.9 Å². The summed E-state index contributed by atoms with van der Waals surface area (Å²) in [5, 5.41) is 5.01. The Morgan fingerprint density at radius 3 is 2.36 bits per heavy atom. The SMILES string of the molecule is O=C(NCc1ccc(F)cc1)c1csc(COc2ccc(F)cc2)n1. The van der Waals surface area contributed by atoms with Crippen LogP contribution in [-0.2, 0) is 13.2 Å². The highest BCUT2D eigenvalue weighted by molar-refractivity contribution is 7.09. The Bertz CT molecular complexity index is 848. The molecule has 0 aliphatic rings. The number of nitrogens with one attached hydrogen (secondary N) is 1. The quantitative estimate of drug-likeness (QED) is 0.725. The molecule has 0 atom stereocenters. The van der Waals surface area contributed by atoms with Gasteiger partial charge in [-0.25, -0.2) is 13.8 Å². The van der Waals surface area contributed by atoms with Crippen molar-refractivity contribution in [1.82, 2.24) is 10.3 Å². The number of aromatic nitrogens is 1. The lowest BCUT2D eigenvalue weighted by atomic mass is 10.2. The number of halogens is 2. The summed E-state index contributed by atoms with van der Waals surface area (Å²) in [5.41, 5.74) is 1.09. The van der Waals surface area contributed by atoms with Crippen molar-refractivity contribution in [2.24, 2.45) is 0 Å². The average molecular weight is 360 g/mol. The van der Waals surface area contributed by atoms with Crippen molar-refractivity contribution >= 4 is 17.2 Å². The molecule has 7 heteroatoms. The zero-order chi connectivity index (χ0) is 17.6. The van der Waals surface area contributed by atoms with E-state index < -0.39 is 0 Å². The minimum atomic E-state index is -0.332. The van der Waals surface area contributed by atoms with Crippen LogP contribution in [0.1, 0.15) is 21.1 Å². The van der Waals surface area contributed by atoms with Crippen molar-refractivity contribution in [1.29, 1.82) is 0 Å². The molecular formula is C18H14F2N2O2S. The van der Waals surface area contributed by atoms with E-state index in [-0.39, 0.29) is 30.7 Å². The average Bonchev–Trinajstić information content (AvgIpc) is 3.10. The maximum atomic E-state index is 12.8. The Balaban J connectivity index is 1.52. The van der Waals surface area contributed by atoms with E-state index in [1.165, 1.54) is 47.7 Å². The van der Waals surface area contributed by atoms with Gasteiger partial charge in [-0.2, -0.15) is 0 Å². The predicted molar refractivity (Wildman–Crippen MR) is 90.4 cm³/mol. The summed E-state index contributed by atoms with van der Waals surface area (Å²) in [6.45, 7) is 0.486. The third kappa shape index (κ3) is 4.84. The largest absolute Gasteiger partial charge is 0.486 e. The summed E-state index contributed by atoms with van der Waals surface area (Å²) in [6, 6.07) is 11.6.